The summed E-state index contributed by atoms with van der Waals surface area (Å²) in [5.74, 6) is -0.234. The molecule has 3 N–H and O–H groups in total. The number of para-hydroxylation sites is 1. The number of benzene rings is 1. The van der Waals surface area contributed by atoms with Crippen LogP contribution >= 0.6 is 23.7 Å². The van der Waals surface area contributed by atoms with E-state index in [-0.39, 0.29) is 18.3 Å². The zero-order chi connectivity index (χ0) is 13.1. The second-order valence-electron chi connectivity index (χ2n) is 3.99. The maximum atomic E-state index is 11.5. The van der Waals surface area contributed by atoms with Gasteiger partial charge in [-0.25, -0.2) is 4.98 Å². The van der Waals surface area contributed by atoms with E-state index in [9.17, 15) is 4.79 Å². The number of nitrogens with two attached hydrogens (primary N) is 1. The summed E-state index contributed by atoms with van der Waals surface area (Å²) in [6.45, 7) is 2.14. The Morgan fingerprint density at radius 2 is 2.32 bits per heavy atom. The van der Waals surface area contributed by atoms with E-state index in [0.717, 1.165) is 15.8 Å². The summed E-state index contributed by atoms with van der Waals surface area (Å²) in [5, 5.41) is 3.27. The standard InChI is InChI=1S/C12H15N3O2S.ClH/c1-7(13)11(16)15-12-14-10-8(6-17-2)4-3-5-9(10)18-12;/h3-5,7H,6,13H2,1-2H3,(H,14,15,16);1H/t7-;/m1./s1. The molecule has 2 aromatic rings. The fraction of sp³-hybridized carbons (Fsp3) is 0.333. The molecule has 0 saturated carbocycles. The third-order valence-electron chi connectivity index (χ3n) is 2.45. The average Bonchev–Trinajstić information content (AvgIpc) is 2.72. The number of halogens is 1. The Balaban J connectivity index is 0.00000180. The van der Waals surface area contributed by atoms with Gasteiger partial charge in [0, 0.05) is 12.7 Å². The number of fused-ring (bicyclic) bond motifs is 1. The molecule has 5 nitrogen and oxygen atoms in total. The van der Waals surface area contributed by atoms with Gasteiger partial charge in [-0.3, -0.25) is 4.79 Å². The third-order valence-corrected chi connectivity index (χ3v) is 3.38. The highest BCUT2D eigenvalue weighted by atomic mass is 35.5. The molecule has 7 heteroatoms. The fourth-order valence-electron chi connectivity index (χ4n) is 1.55. The molecule has 1 atom stereocenters. The number of hydrogen-bond donors (Lipinski definition) is 2. The molecular formula is C12H16ClN3O2S. The first kappa shape index (κ1) is 15.8. The lowest BCUT2D eigenvalue weighted by Gasteiger charge is -2.03. The van der Waals surface area contributed by atoms with Crippen molar-refractivity contribution in [1.29, 1.82) is 0 Å². The van der Waals surface area contributed by atoms with Gasteiger partial charge in [-0.05, 0) is 13.0 Å². The second kappa shape index (κ2) is 6.81. The number of aromatic nitrogens is 1. The van der Waals surface area contributed by atoms with Crippen LogP contribution in [-0.2, 0) is 16.1 Å². The highest BCUT2D eigenvalue weighted by Gasteiger charge is 2.12. The number of ether oxygens (including phenoxy) is 1. The van der Waals surface area contributed by atoms with Crippen molar-refractivity contribution in [3.05, 3.63) is 23.8 Å². The van der Waals surface area contributed by atoms with Crippen molar-refractivity contribution in [2.75, 3.05) is 12.4 Å². The number of rotatable bonds is 4. The molecule has 2 rings (SSSR count). The van der Waals surface area contributed by atoms with Gasteiger partial charge in [0.2, 0.25) is 5.91 Å². The Morgan fingerprint density at radius 3 is 2.95 bits per heavy atom. The molecule has 19 heavy (non-hydrogen) atoms. The van der Waals surface area contributed by atoms with Crippen molar-refractivity contribution in [2.45, 2.75) is 19.6 Å². The van der Waals surface area contributed by atoms with Gasteiger partial charge in [-0.2, -0.15) is 0 Å². The van der Waals surface area contributed by atoms with E-state index in [2.05, 4.69) is 10.3 Å². The van der Waals surface area contributed by atoms with Crippen molar-refractivity contribution in [1.82, 2.24) is 4.98 Å². The number of methoxy groups -OCH3 is 1. The minimum Gasteiger partial charge on any atom is -0.380 e. The molecule has 0 unspecified atom stereocenters. The minimum absolute atomic E-state index is 0. The Labute approximate surface area is 121 Å². The third kappa shape index (κ3) is 3.63. The van der Waals surface area contributed by atoms with Gasteiger partial charge in [0.25, 0.3) is 0 Å². The molecule has 0 aliphatic heterocycles. The highest BCUT2D eigenvalue weighted by Crippen LogP contribution is 2.28. The number of thiazole rings is 1. The SMILES string of the molecule is COCc1cccc2sc(NC(=O)[C@@H](C)N)nc12.Cl. The molecule has 1 aromatic heterocycles. The molecule has 0 radical (unpaired) electrons. The summed E-state index contributed by atoms with van der Waals surface area (Å²) in [5.41, 5.74) is 7.37. The van der Waals surface area contributed by atoms with E-state index in [1.165, 1.54) is 11.3 Å². The van der Waals surface area contributed by atoms with Crippen LogP contribution in [0.3, 0.4) is 0 Å². The topological polar surface area (TPSA) is 77.2 Å². The van der Waals surface area contributed by atoms with E-state index in [4.69, 9.17) is 10.5 Å². The number of carbonyl (C=O) groups is 1. The van der Waals surface area contributed by atoms with Crippen LogP contribution in [0.1, 0.15) is 12.5 Å². The average molecular weight is 302 g/mol. The van der Waals surface area contributed by atoms with Crippen LogP contribution in [0, 0.1) is 0 Å². The lowest BCUT2D eigenvalue weighted by molar-refractivity contribution is -0.117. The van der Waals surface area contributed by atoms with E-state index in [1.807, 2.05) is 18.2 Å². The van der Waals surface area contributed by atoms with E-state index in [1.54, 1.807) is 14.0 Å². The monoisotopic (exact) mass is 301 g/mol. The van der Waals surface area contributed by atoms with Crippen molar-refractivity contribution < 1.29 is 9.53 Å². The molecule has 0 spiro atoms. The zero-order valence-electron chi connectivity index (χ0n) is 10.7. The molecule has 0 bridgehead atoms. The van der Waals surface area contributed by atoms with Crippen LogP contribution in [0.25, 0.3) is 10.2 Å². The van der Waals surface area contributed by atoms with E-state index in [0.29, 0.717) is 11.7 Å². The number of amides is 1. The molecule has 1 aromatic carbocycles. The van der Waals surface area contributed by atoms with Crippen LogP contribution in [0.2, 0.25) is 0 Å². The van der Waals surface area contributed by atoms with Gasteiger partial charge in [-0.1, -0.05) is 23.5 Å². The molecule has 104 valence electrons. The molecule has 0 fully saturated rings. The summed E-state index contributed by atoms with van der Waals surface area (Å²) < 4.78 is 6.14. The largest absolute Gasteiger partial charge is 0.380 e. The number of hydrogen-bond acceptors (Lipinski definition) is 5. The van der Waals surface area contributed by atoms with Crippen LogP contribution in [-0.4, -0.2) is 24.0 Å². The number of nitrogens with zero attached hydrogens (tertiary/aromatic N) is 1. The summed E-state index contributed by atoms with van der Waals surface area (Å²) in [6, 6.07) is 5.33. The predicted molar refractivity (Wildman–Crippen MR) is 79.9 cm³/mol. The van der Waals surface area contributed by atoms with Gasteiger partial charge >= 0.3 is 0 Å². The fourth-order valence-corrected chi connectivity index (χ4v) is 2.47. The summed E-state index contributed by atoms with van der Waals surface area (Å²) >= 11 is 1.43. The maximum Gasteiger partial charge on any atom is 0.242 e. The first-order valence-corrected chi connectivity index (χ1v) is 6.37. The molecule has 1 amide bonds. The molecule has 0 saturated heterocycles. The first-order valence-electron chi connectivity index (χ1n) is 5.55. The molecule has 0 aliphatic rings. The van der Waals surface area contributed by atoms with Gasteiger partial charge in [0.15, 0.2) is 5.13 Å². The summed E-state index contributed by atoms with van der Waals surface area (Å²) in [4.78, 5) is 15.9. The van der Waals surface area contributed by atoms with Crippen molar-refractivity contribution in [3.63, 3.8) is 0 Å². The Morgan fingerprint density at radius 1 is 1.58 bits per heavy atom. The number of carbonyl (C=O) groups excluding carboxylic acids is 1. The number of nitrogens with one attached hydrogen (secondary N) is 1. The minimum atomic E-state index is -0.546. The first-order chi connectivity index (χ1) is 8.61. The number of anilines is 1. The smallest absolute Gasteiger partial charge is 0.242 e. The van der Waals surface area contributed by atoms with Crippen LogP contribution < -0.4 is 11.1 Å². The summed E-state index contributed by atoms with van der Waals surface area (Å²) in [7, 11) is 1.64. The molecule has 0 aliphatic carbocycles. The van der Waals surface area contributed by atoms with Gasteiger partial charge in [0.05, 0.1) is 22.9 Å². The van der Waals surface area contributed by atoms with Crippen molar-refractivity contribution >= 4 is 45.0 Å². The van der Waals surface area contributed by atoms with Gasteiger partial charge in [-0.15, -0.1) is 12.4 Å². The van der Waals surface area contributed by atoms with Crippen LogP contribution in [0.4, 0.5) is 5.13 Å². The highest BCUT2D eigenvalue weighted by molar-refractivity contribution is 7.22. The zero-order valence-corrected chi connectivity index (χ0v) is 12.3. The van der Waals surface area contributed by atoms with Crippen LogP contribution in [0.15, 0.2) is 18.2 Å². The predicted octanol–water partition coefficient (Wildman–Crippen LogP) is 2.15. The Bertz CT molecular complexity index is 571. The summed E-state index contributed by atoms with van der Waals surface area (Å²) in [6.07, 6.45) is 0. The van der Waals surface area contributed by atoms with Gasteiger partial charge < -0.3 is 15.8 Å². The molecular weight excluding hydrogens is 286 g/mol. The van der Waals surface area contributed by atoms with E-state index >= 15 is 0 Å². The van der Waals surface area contributed by atoms with Crippen LogP contribution in [0.5, 0.6) is 0 Å². The van der Waals surface area contributed by atoms with Crippen molar-refractivity contribution in [3.8, 4) is 0 Å². The maximum absolute atomic E-state index is 11.5. The van der Waals surface area contributed by atoms with Crippen molar-refractivity contribution in [2.24, 2.45) is 5.73 Å². The lowest BCUT2D eigenvalue weighted by Crippen LogP contribution is -2.32. The quantitative estimate of drug-likeness (QED) is 0.907. The van der Waals surface area contributed by atoms with E-state index < -0.39 is 6.04 Å². The lowest BCUT2D eigenvalue weighted by atomic mass is 10.2. The van der Waals surface area contributed by atoms with Gasteiger partial charge in [0.1, 0.15) is 0 Å². The second-order valence-corrected chi connectivity index (χ2v) is 5.02. The Hall–Kier alpha value is -1.21. The molecule has 1 heterocycles. The normalized spacial score (nSPS) is 11.9. The Kier molecular flexibility index (Phi) is 5.68.